The van der Waals surface area contributed by atoms with Gasteiger partial charge in [0.15, 0.2) is 0 Å². The summed E-state index contributed by atoms with van der Waals surface area (Å²) >= 11 is 0. The number of methoxy groups -OCH3 is 1. The van der Waals surface area contributed by atoms with E-state index >= 15 is 0 Å². The first-order valence-electron chi connectivity index (χ1n) is 8.70. The Labute approximate surface area is 158 Å². The SMILES string of the molecule is COC(=O)C1=C(Nc2ccccc2-c2ccc(C)cc2)C(=O)N(CCO)C1. The predicted octanol–water partition coefficient (Wildman–Crippen LogP) is 2.34. The molecule has 6 nitrogen and oxygen atoms in total. The fourth-order valence-electron chi connectivity index (χ4n) is 3.06. The molecule has 0 radical (unpaired) electrons. The maximum atomic E-state index is 12.7. The smallest absolute Gasteiger partial charge is 0.337 e. The van der Waals surface area contributed by atoms with Crippen LogP contribution in [0.3, 0.4) is 0 Å². The van der Waals surface area contributed by atoms with E-state index < -0.39 is 5.97 Å². The third-order valence-corrected chi connectivity index (χ3v) is 4.50. The van der Waals surface area contributed by atoms with Crippen LogP contribution >= 0.6 is 0 Å². The van der Waals surface area contributed by atoms with Crippen molar-refractivity contribution in [2.24, 2.45) is 0 Å². The van der Waals surface area contributed by atoms with E-state index in [4.69, 9.17) is 9.84 Å². The van der Waals surface area contributed by atoms with Crippen molar-refractivity contribution in [1.82, 2.24) is 4.90 Å². The monoisotopic (exact) mass is 366 g/mol. The number of rotatable bonds is 6. The number of benzene rings is 2. The largest absolute Gasteiger partial charge is 0.466 e. The number of amides is 1. The van der Waals surface area contributed by atoms with Gasteiger partial charge in [-0.3, -0.25) is 4.79 Å². The number of aryl methyl sites for hydroxylation is 1. The van der Waals surface area contributed by atoms with E-state index in [1.807, 2.05) is 55.5 Å². The highest BCUT2D eigenvalue weighted by molar-refractivity contribution is 6.09. The van der Waals surface area contributed by atoms with Crippen molar-refractivity contribution < 1.29 is 19.4 Å². The zero-order chi connectivity index (χ0) is 19.4. The van der Waals surface area contributed by atoms with E-state index in [2.05, 4.69) is 5.32 Å². The fourth-order valence-corrected chi connectivity index (χ4v) is 3.06. The average Bonchev–Trinajstić information content (AvgIpc) is 2.99. The highest BCUT2D eigenvalue weighted by Crippen LogP contribution is 2.31. The quantitative estimate of drug-likeness (QED) is 0.767. The predicted molar refractivity (Wildman–Crippen MR) is 103 cm³/mol. The Morgan fingerprint density at radius 3 is 2.56 bits per heavy atom. The lowest BCUT2D eigenvalue weighted by Crippen LogP contribution is -2.31. The Morgan fingerprint density at radius 2 is 1.89 bits per heavy atom. The van der Waals surface area contributed by atoms with Gasteiger partial charge in [-0.2, -0.15) is 0 Å². The number of aliphatic hydroxyl groups is 1. The number of esters is 1. The van der Waals surface area contributed by atoms with Gasteiger partial charge >= 0.3 is 5.97 Å². The van der Waals surface area contributed by atoms with Gasteiger partial charge in [0, 0.05) is 17.8 Å². The van der Waals surface area contributed by atoms with Crippen LogP contribution in [0.1, 0.15) is 5.56 Å². The van der Waals surface area contributed by atoms with E-state index in [1.54, 1.807) is 0 Å². The first kappa shape index (κ1) is 18.7. The maximum Gasteiger partial charge on any atom is 0.337 e. The Morgan fingerprint density at radius 1 is 1.19 bits per heavy atom. The minimum atomic E-state index is -0.556. The molecule has 1 aliphatic rings. The number of ether oxygens (including phenoxy) is 1. The lowest BCUT2D eigenvalue weighted by molar-refractivity contribution is -0.136. The van der Waals surface area contributed by atoms with Gasteiger partial charge in [-0.05, 0) is 18.6 Å². The lowest BCUT2D eigenvalue weighted by atomic mass is 10.0. The molecular formula is C21H22N2O4. The Hall–Kier alpha value is -3.12. The molecule has 0 atom stereocenters. The van der Waals surface area contributed by atoms with Crippen molar-refractivity contribution in [2.45, 2.75) is 6.92 Å². The van der Waals surface area contributed by atoms with Crippen molar-refractivity contribution in [1.29, 1.82) is 0 Å². The molecule has 140 valence electrons. The molecule has 0 spiro atoms. The van der Waals surface area contributed by atoms with Crippen LogP contribution in [0.15, 0.2) is 59.8 Å². The first-order chi connectivity index (χ1) is 13.0. The summed E-state index contributed by atoms with van der Waals surface area (Å²) in [6.07, 6.45) is 0. The van der Waals surface area contributed by atoms with E-state index in [0.717, 1.165) is 22.4 Å². The van der Waals surface area contributed by atoms with Gasteiger partial charge < -0.3 is 20.1 Å². The number of para-hydroxylation sites is 1. The van der Waals surface area contributed by atoms with Crippen LogP contribution in [-0.4, -0.2) is 48.7 Å². The van der Waals surface area contributed by atoms with Gasteiger partial charge in [-0.25, -0.2) is 4.79 Å². The highest BCUT2D eigenvalue weighted by Gasteiger charge is 2.34. The van der Waals surface area contributed by atoms with Crippen LogP contribution in [0.5, 0.6) is 0 Å². The summed E-state index contributed by atoms with van der Waals surface area (Å²) in [5, 5.41) is 12.3. The fraction of sp³-hybridized carbons (Fsp3) is 0.238. The molecule has 1 aliphatic heterocycles. The third-order valence-electron chi connectivity index (χ3n) is 4.50. The minimum Gasteiger partial charge on any atom is -0.466 e. The normalized spacial score (nSPS) is 13.9. The van der Waals surface area contributed by atoms with Crippen molar-refractivity contribution >= 4 is 17.6 Å². The Kier molecular flexibility index (Phi) is 5.57. The van der Waals surface area contributed by atoms with Crippen molar-refractivity contribution in [2.75, 3.05) is 32.1 Å². The Bertz CT molecular complexity index is 887. The number of nitrogens with one attached hydrogen (secondary N) is 1. The molecule has 2 aromatic carbocycles. The molecule has 1 amide bonds. The van der Waals surface area contributed by atoms with Crippen LogP contribution in [-0.2, 0) is 14.3 Å². The Balaban J connectivity index is 1.99. The second kappa shape index (κ2) is 8.05. The van der Waals surface area contributed by atoms with Gasteiger partial charge in [-0.15, -0.1) is 0 Å². The number of nitrogens with zero attached hydrogens (tertiary/aromatic N) is 1. The second-order valence-corrected chi connectivity index (χ2v) is 6.33. The van der Waals surface area contributed by atoms with Gasteiger partial charge in [0.25, 0.3) is 5.91 Å². The summed E-state index contributed by atoms with van der Waals surface area (Å²) in [6.45, 7) is 2.12. The molecule has 0 fully saturated rings. The summed E-state index contributed by atoms with van der Waals surface area (Å²) in [7, 11) is 1.28. The number of hydrogen-bond donors (Lipinski definition) is 2. The number of anilines is 1. The van der Waals surface area contributed by atoms with Crippen LogP contribution < -0.4 is 5.32 Å². The average molecular weight is 366 g/mol. The standard InChI is InChI=1S/C21H22N2O4/c1-14-7-9-15(10-8-14)16-5-3-4-6-18(16)22-19-17(21(26)27-2)13-23(11-12-24)20(19)25/h3-10,22,24H,11-13H2,1-2H3. The molecule has 3 rings (SSSR count). The van der Waals surface area contributed by atoms with E-state index in [0.29, 0.717) is 0 Å². The zero-order valence-corrected chi connectivity index (χ0v) is 15.4. The van der Waals surface area contributed by atoms with E-state index in [-0.39, 0.29) is 36.9 Å². The van der Waals surface area contributed by atoms with Crippen molar-refractivity contribution in [3.63, 3.8) is 0 Å². The third kappa shape index (κ3) is 3.85. The molecule has 1 heterocycles. The molecule has 0 aromatic heterocycles. The number of aliphatic hydroxyl groups excluding tert-OH is 1. The summed E-state index contributed by atoms with van der Waals surface area (Å²) in [5.74, 6) is -0.887. The zero-order valence-electron chi connectivity index (χ0n) is 15.4. The maximum absolute atomic E-state index is 12.7. The molecule has 0 aliphatic carbocycles. The van der Waals surface area contributed by atoms with Gasteiger partial charge in [0.2, 0.25) is 0 Å². The summed E-state index contributed by atoms with van der Waals surface area (Å²) in [6, 6.07) is 15.7. The van der Waals surface area contributed by atoms with Crippen LogP contribution in [0, 0.1) is 6.92 Å². The van der Waals surface area contributed by atoms with Crippen LogP contribution in [0.2, 0.25) is 0 Å². The number of carbonyl (C=O) groups is 2. The van der Waals surface area contributed by atoms with E-state index in [9.17, 15) is 9.59 Å². The van der Waals surface area contributed by atoms with Crippen LogP contribution in [0.4, 0.5) is 5.69 Å². The molecular weight excluding hydrogens is 344 g/mol. The number of hydrogen-bond acceptors (Lipinski definition) is 5. The van der Waals surface area contributed by atoms with Crippen molar-refractivity contribution in [3.8, 4) is 11.1 Å². The van der Waals surface area contributed by atoms with E-state index in [1.165, 1.54) is 12.0 Å². The molecule has 0 saturated carbocycles. The first-order valence-corrected chi connectivity index (χ1v) is 8.70. The highest BCUT2D eigenvalue weighted by atomic mass is 16.5. The molecule has 0 bridgehead atoms. The van der Waals surface area contributed by atoms with Gasteiger partial charge in [0.05, 0.1) is 25.8 Å². The number of carbonyl (C=O) groups excluding carboxylic acids is 2. The lowest BCUT2D eigenvalue weighted by Gasteiger charge is -2.16. The summed E-state index contributed by atoms with van der Waals surface area (Å²) in [4.78, 5) is 26.3. The van der Waals surface area contributed by atoms with Crippen LogP contribution in [0.25, 0.3) is 11.1 Å². The van der Waals surface area contributed by atoms with Gasteiger partial charge in [0.1, 0.15) is 5.70 Å². The number of β-amino-alcohol motifs (C(OH)–C–C–N with tert-alkyl or cyclic N) is 1. The molecule has 27 heavy (non-hydrogen) atoms. The molecule has 0 unspecified atom stereocenters. The summed E-state index contributed by atoms with van der Waals surface area (Å²) in [5.41, 5.74) is 4.25. The molecule has 2 aromatic rings. The second-order valence-electron chi connectivity index (χ2n) is 6.33. The molecule has 6 heteroatoms. The minimum absolute atomic E-state index is 0.112. The molecule has 2 N–H and O–H groups in total. The molecule has 0 saturated heterocycles. The van der Waals surface area contributed by atoms with Crippen molar-refractivity contribution in [3.05, 3.63) is 65.4 Å². The van der Waals surface area contributed by atoms with Gasteiger partial charge in [-0.1, -0.05) is 48.0 Å². The topological polar surface area (TPSA) is 78.9 Å². The summed E-state index contributed by atoms with van der Waals surface area (Å²) < 4.78 is 4.83.